The van der Waals surface area contributed by atoms with Crippen LogP contribution in [0.5, 0.6) is 0 Å². The minimum Gasteiger partial charge on any atom is -0.465 e. The van der Waals surface area contributed by atoms with Crippen molar-refractivity contribution in [1.82, 2.24) is 15.0 Å². The summed E-state index contributed by atoms with van der Waals surface area (Å²) in [6.45, 7) is 0.0700. The van der Waals surface area contributed by atoms with Crippen molar-refractivity contribution in [2.24, 2.45) is 0 Å². The molecule has 0 atom stereocenters. The number of carbonyl (C=O) groups excluding carboxylic acids is 1. The van der Waals surface area contributed by atoms with Gasteiger partial charge in [-0.3, -0.25) is 0 Å². The summed E-state index contributed by atoms with van der Waals surface area (Å²) < 4.78 is 11.3. The topological polar surface area (TPSA) is 86.5 Å². The molecule has 2 aromatic rings. The minimum absolute atomic E-state index is 0.209. The number of hydrogen-bond donors (Lipinski definition) is 1. The quantitative estimate of drug-likeness (QED) is 0.809. The minimum atomic E-state index is -0.400. The van der Waals surface area contributed by atoms with E-state index in [2.05, 4.69) is 15.0 Å². The Balaban J connectivity index is 2.36. The lowest BCUT2D eigenvalue weighted by Crippen LogP contribution is -2.06. The molecule has 1 heterocycles. The standard InChI is InChI=1S/C13H15N3O4/c1-19-8-12-11(7-17)14-15-16(12)10-5-3-9(4-6-10)13(18)20-2/h3-6,17H,7-8H2,1-2H3. The highest BCUT2D eigenvalue weighted by Crippen LogP contribution is 2.15. The molecule has 20 heavy (non-hydrogen) atoms. The first-order valence-electron chi connectivity index (χ1n) is 5.93. The molecular weight excluding hydrogens is 262 g/mol. The zero-order valence-corrected chi connectivity index (χ0v) is 11.2. The van der Waals surface area contributed by atoms with Crippen LogP contribution in [0.2, 0.25) is 0 Å². The van der Waals surface area contributed by atoms with Crippen molar-refractivity contribution in [1.29, 1.82) is 0 Å². The van der Waals surface area contributed by atoms with E-state index >= 15 is 0 Å². The maximum absolute atomic E-state index is 11.4. The molecule has 106 valence electrons. The van der Waals surface area contributed by atoms with Gasteiger partial charge in [0.25, 0.3) is 0 Å². The van der Waals surface area contributed by atoms with Crippen molar-refractivity contribution in [3.05, 3.63) is 41.2 Å². The Morgan fingerprint density at radius 2 is 2.00 bits per heavy atom. The maximum atomic E-state index is 11.4. The second-order valence-corrected chi connectivity index (χ2v) is 4.02. The monoisotopic (exact) mass is 277 g/mol. The molecule has 0 unspecified atom stereocenters. The molecule has 0 bridgehead atoms. The van der Waals surface area contributed by atoms with Crippen LogP contribution >= 0.6 is 0 Å². The molecule has 0 amide bonds. The first-order chi connectivity index (χ1) is 9.71. The Kier molecular flexibility index (Phi) is 4.44. The normalized spacial score (nSPS) is 10.6. The van der Waals surface area contributed by atoms with Gasteiger partial charge in [0.1, 0.15) is 5.69 Å². The average molecular weight is 277 g/mol. The van der Waals surface area contributed by atoms with Crippen molar-refractivity contribution in [3.8, 4) is 5.69 Å². The van der Waals surface area contributed by atoms with Crippen LogP contribution in [-0.4, -0.2) is 40.3 Å². The summed E-state index contributed by atoms with van der Waals surface area (Å²) >= 11 is 0. The second kappa shape index (κ2) is 6.27. The fraction of sp³-hybridized carbons (Fsp3) is 0.308. The molecule has 0 aliphatic rings. The molecule has 0 radical (unpaired) electrons. The van der Waals surface area contributed by atoms with E-state index in [4.69, 9.17) is 4.74 Å². The molecule has 0 aliphatic heterocycles. The highest BCUT2D eigenvalue weighted by molar-refractivity contribution is 5.89. The van der Waals surface area contributed by atoms with E-state index in [9.17, 15) is 9.90 Å². The summed E-state index contributed by atoms with van der Waals surface area (Å²) in [6.07, 6.45) is 0. The molecule has 0 saturated carbocycles. The van der Waals surface area contributed by atoms with Crippen LogP contribution in [0, 0.1) is 0 Å². The fourth-order valence-corrected chi connectivity index (χ4v) is 1.80. The van der Waals surface area contributed by atoms with E-state index in [1.807, 2.05) is 0 Å². The van der Waals surface area contributed by atoms with E-state index < -0.39 is 5.97 Å². The van der Waals surface area contributed by atoms with Crippen LogP contribution < -0.4 is 0 Å². The third-order valence-corrected chi connectivity index (χ3v) is 2.81. The van der Waals surface area contributed by atoms with Gasteiger partial charge in [-0.2, -0.15) is 0 Å². The molecule has 7 nitrogen and oxygen atoms in total. The summed E-state index contributed by atoms with van der Waals surface area (Å²) in [4.78, 5) is 11.4. The maximum Gasteiger partial charge on any atom is 0.337 e. The van der Waals surface area contributed by atoms with Crippen LogP contribution in [0.4, 0.5) is 0 Å². The van der Waals surface area contributed by atoms with E-state index in [1.165, 1.54) is 7.11 Å². The zero-order chi connectivity index (χ0) is 14.5. The summed E-state index contributed by atoms with van der Waals surface area (Å²) in [6, 6.07) is 6.72. The number of ether oxygens (including phenoxy) is 2. The van der Waals surface area contributed by atoms with Gasteiger partial charge in [-0.05, 0) is 24.3 Å². The van der Waals surface area contributed by atoms with Crippen LogP contribution in [0.1, 0.15) is 21.7 Å². The number of carbonyl (C=O) groups is 1. The molecule has 1 aromatic carbocycles. The molecule has 0 spiro atoms. The van der Waals surface area contributed by atoms with Gasteiger partial charge in [0.15, 0.2) is 0 Å². The highest BCUT2D eigenvalue weighted by atomic mass is 16.5. The summed E-state index contributed by atoms with van der Waals surface area (Å²) in [5, 5.41) is 17.1. The Morgan fingerprint density at radius 3 is 2.55 bits per heavy atom. The molecule has 0 aliphatic carbocycles. The molecular formula is C13H15N3O4. The lowest BCUT2D eigenvalue weighted by molar-refractivity contribution is 0.0600. The Morgan fingerprint density at radius 1 is 1.30 bits per heavy atom. The number of hydrogen-bond acceptors (Lipinski definition) is 6. The van der Waals surface area contributed by atoms with E-state index in [0.717, 1.165) is 5.69 Å². The Hall–Kier alpha value is -2.25. The Bertz CT molecular complexity index is 592. The van der Waals surface area contributed by atoms with Crippen molar-refractivity contribution in [2.45, 2.75) is 13.2 Å². The van der Waals surface area contributed by atoms with Crippen molar-refractivity contribution in [2.75, 3.05) is 14.2 Å². The van der Waals surface area contributed by atoms with Gasteiger partial charge >= 0.3 is 5.97 Å². The van der Waals surface area contributed by atoms with E-state index in [1.54, 1.807) is 36.1 Å². The van der Waals surface area contributed by atoms with Crippen molar-refractivity contribution >= 4 is 5.97 Å². The lowest BCUT2D eigenvalue weighted by atomic mass is 10.2. The molecule has 1 N–H and O–H groups in total. The summed E-state index contributed by atoms with van der Waals surface area (Å²) in [7, 11) is 2.89. The third-order valence-electron chi connectivity index (χ3n) is 2.81. The zero-order valence-electron chi connectivity index (χ0n) is 11.2. The molecule has 0 saturated heterocycles. The molecule has 2 rings (SSSR count). The van der Waals surface area contributed by atoms with Gasteiger partial charge in [0, 0.05) is 7.11 Å². The van der Waals surface area contributed by atoms with Gasteiger partial charge in [-0.15, -0.1) is 5.10 Å². The number of nitrogens with zero attached hydrogens (tertiary/aromatic N) is 3. The first-order valence-corrected chi connectivity index (χ1v) is 5.93. The van der Waals surface area contributed by atoms with Crippen molar-refractivity contribution < 1.29 is 19.4 Å². The van der Waals surface area contributed by atoms with Gasteiger partial charge in [-0.25, -0.2) is 9.48 Å². The number of methoxy groups -OCH3 is 2. The van der Waals surface area contributed by atoms with Crippen LogP contribution in [0.15, 0.2) is 24.3 Å². The van der Waals surface area contributed by atoms with Gasteiger partial charge in [0.2, 0.25) is 0 Å². The number of benzene rings is 1. The fourth-order valence-electron chi connectivity index (χ4n) is 1.80. The Labute approximate surface area is 115 Å². The molecule has 0 fully saturated rings. The number of aromatic nitrogens is 3. The van der Waals surface area contributed by atoms with Crippen molar-refractivity contribution in [3.63, 3.8) is 0 Å². The predicted molar refractivity (Wildman–Crippen MR) is 69.3 cm³/mol. The molecule has 7 heteroatoms. The lowest BCUT2D eigenvalue weighted by Gasteiger charge is -2.07. The number of aliphatic hydroxyl groups excluding tert-OH is 1. The van der Waals surface area contributed by atoms with Gasteiger partial charge in [-0.1, -0.05) is 5.21 Å². The third kappa shape index (κ3) is 2.68. The number of rotatable bonds is 5. The first kappa shape index (κ1) is 14.2. The summed E-state index contributed by atoms with van der Waals surface area (Å²) in [5.74, 6) is -0.400. The largest absolute Gasteiger partial charge is 0.465 e. The van der Waals surface area contributed by atoms with E-state index in [0.29, 0.717) is 17.0 Å². The second-order valence-electron chi connectivity index (χ2n) is 4.02. The highest BCUT2D eigenvalue weighted by Gasteiger charge is 2.14. The van der Waals surface area contributed by atoms with Crippen LogP contribution in [0.3, 0.4) is 0 Å². The van der Waals surface area contributed by atoms with Crippen LogP contribution in [0.25, 0.3) is 5.69 Å². The smallest absolute Gasteiger partial charge is 0.337 e. The van der Waals surface area contributed by atoms with E-state index in [-0.39, 0.29) is 13.2 Å². The van der Waals surface area contributed by atoms with Gasteiger partial charge in [0.05, 0.1) is 37.3 Å². The number of aliphatic hydroxyl groups is 1. The van der Waals surface area contributed by atoms with Gasteiger partial charge < -0.3 is 14.6 Å². The summed E-state index contributed by atoms with van der Waals surface area (Å²) in [5.41, 5.74) is 2.30. The number of esters is 1. The molecule has 1 aromatic heterocycles. The average Bonchev–Trinajstić information content (AvgIpc) is 2.90. The van der Waals surface area contributed by atoms with Crippen LogP contribution in [-0.2, 0) is 22.7 Å². The SMILES string of the molecule is COCc1c(CO)nnn1-c1ccc(C(=O)OC)cc1. The predicted octanol–water partition coefficient (Wildman–Crippen LogP) is 0.693.